The van der Waals surface area contributed by atoms with Gasteiger partial charge in [0, 0.05) is 11.2 Å². The normalized spacial score (nSPS) is 13.2. The summed E-state index contributed by atoms with van der Waals surface area (Å²) in [5.41, 5.74) is 3.73. The van der Waals surface area contributed by atoms with Crippen molar-refractivity contribution in [3.8, 4) is 11.8 Å². The quantitative estimate of drug-likeness (QED) is 0.704. The van der Waals surface area contributed by atoms with Gasteiger partial charge in [0.15, 0.2) is 11.9 Å². The second-order valence-corrected chi connectivity index (χ2v) is 6.49. The highest BCUT2D eigenvalue weighted by Gasteiger charge is 2.28. The second kappa shape index (κ2) is 7.45. The van der Waals surface area contributed by atoms with Crippen molar-refractivity contribution in [3.63, 3.8) is 0 Å². The van der Waals surface area contributed by atoms with E-state index in [0.29, 0.717) is 11.4 Å². The van der Waals surface area contributed by atoms with Crippen LogP contribution < -0.4 is 4.74 Å². The lowest BCUT2D eigenvalue weighted by Gasteiger charge is -2.18. The molecule has 0 fully saturated rings. The Morgan fingerprint density at radius 2 is 2.00 bits per heavy atom. The first-order valence-electron chi connectivity index (χ1n) is 8.80. The number of ether oxygens (including phenoxy) is 1. The molecule has 4 nitrogen and oxygen atoms in total. The van der Waals surface area contributed by atoms with E-state index in [2.05, 4.69) is 24.0 Å². The molecule has 2 aromatic carbocycles. The molecule has 0 aliphatic rings. The molecule has 4 heteroatoms. The first kappa shape index (κ1) is 17.8. The molecule has 1 heterocycles. The Kier molecular flexibility index (Phi) is 5.09. The number of ketones is 1. The summed E-state index contributed by atoms with van der Waals surface area (Å²) in [6.07, 6.45) is 0.240. The van der Waals surface area contributed by atoms with Gasteiger partial charge in [0.25, 0.3) is 0 Å². The Bertz CT molecular complexity index is 948. The van der Waals surface area contributed by atoms with E-state index in [0.717, 1.165) is 22.9 Å². The lowest BCUT2D eigenvalue weighted by atomic mass is 9.98. The lowest BCUT2D eigenvalue weighted by Crippen LogP contribution is -2.29. The minimum atomic E-state index is -0.882. The van der Waals surface area contributed by atoms with E-state index in [-0.39, 0.29) is 5.78 Å². The number of para-hydroxylation sites is 1. The van der Waals surface area contributed by atoms with E-state index >= 15 is 0 Å². The third-order valence-corrected chi connectivity index (χ3v) is 4.63. The van der Waals surface area contributed by atoms with E-state index < -0.39 is 12.0 Å². The van der Waals surface area contributed by atoms with Gasteiger partial charge < -0.3 is 9.72 Å². The molecule has 1 N–H and O–H groups in total. The zero-order valence-electron chi connectivity index (χ0n) is 15.2. The summed E-state index contributed by atoms with van der Waals surface area (Å²) < 4.78 is 5.87. The van der Waals surface area contributed by atoms with Crippen molar-refractivity contribution in [1.29, 1.82) is 5.26 Å². The summed E-state index contributed by atoms with van der Waals surface area (Å²) in [6, 6.07) is 17.6. The van der Waals surface area contributed by atoms with Gasteiger partial charge in [0.1, 0.15) is 11.7 Å². The first-order chi connectivity index (χ1) is 12.5. The van der Waals surface area contributed by atoms with Gasteiger partial charge in [-0.05, 0) is 55.0 Å². The second-order valence-electron chi connectivity index (χ2n) is 6.49. The maximum atomic E-state index is 12.8. The number of carbonyl (C=O) groups excluding carboxylic acids is 1. The van der Waals surface area contributed by atoms with Crippen LogP contribution >= 0.6 is 0 Å². The highest BCUT2D eigenvalue weighted by Crippen LogP contribution is 2.25. The first-order valence-corrected chi connectivity index (χ1v) is 8.80. The summed E-state index contributed by atoms with van der Waals surface area (Å²) in [4.78, 5) is 16.0. The van der Waals surface area contributed by atoms with Gasteiger partial charge in [-0.25, -0.2) is 0 Å². The highest BCUT2D eigenvalue weighted by molar-refractivity contribution is 5.93. The van der Waals surface area contributed by atoms with Crippen LogP contribution in [0.2, 0.25) is 0 Å². The Balaban J connectivity index is 1.81. The van der Waals surface area contributed by atoms with Crippen LogP contribution in [0, 0.1) is 18.3 Å². The molecule has 0 saturated carbocycles. The van der Waals surface area contributed by atoms with Gasteiger partial charge in [0.05, 0.1) is 6.07 Å². The van der Waals surface area contributed by atoms with Crippen molar-refractivity contribution >= 4 is 16.7 Å². The van der Waals surface area contributed by atoms with Gasteiger partial charge in [-0.1, -0.05) is 37.3 Å². The van der Waals surface area contributed by atoms with E-state index in [9.17, 15) is 10.1 Å². The largest absolute Gasteiger partial charge is 0.483 e. The third-order valence-electron chi connectivity index (χ3n) is 4.63. The Morgan fingerprint density at radius 3 is 2.65 bits per heavy atom. The van der Waals surface area contributed by atoms with Crippen LogP contribution in [0.3, 0.4) is 0 Å². The van der Waals surface area contributed by atoms with Crippen molar-refractivity contribution in [1.82, 2.24) is 4.98 Å². The molecule has 2 unspecified atom stereocenters. The van der Waals surface area contributed by atoms with Gasteiger partial charge in [-0.3, -0.25) is 4.79 Å². The summed E-state index contributed by atoms with van der Waals surface area (Å²) in [6.45, 7) is 5.76. The van der Waals surface area contributed by atoms with Crippen LogP contribution in [0.5, 0.6) is 5.75 Å². The number of hydrogen-bond acceptors (Lipinski definition) is 3. The lowest BCUT2D eigenvalue weighted by molar-refractivity contribution is -0.125. The molecule has 0 aliphatic carbocycles. The Labute approximate surface area is 153 Å². The smallest absolute Gasteiger partial charge is 0.196 e. The Hall–Kier alpha value is -3.06. The molecule has 0 saturated heterocycles. The number of nitriles is 1. The number of nitrogens with one attached hydrogen (secondary N) is 1. The van der Waals surface area contributed by atoms with E-state index in [4.69, 9.17) is 4.74 Å². The number of carbonyl (C=O) groups is 1. The van der Waals surface area contributed by atoms with Crippen LogP contribution in [0.15, 0.2) is 48.5 Å². The maximum absolute atomic E-state index is 12.8. The highest BCUT2D eigenvalue weighted by atomic mass is 16.5. The molecular formula is C22H22N2O2. The van der Waals surface area contributed by atoms with Crippen LogP contribution in [0.4, 0.5) is 0 Å². The van der Waals surface area contributed by atoms with Crippen LogP contribution in [0.25, 0.3) is 10.9 Å². The minimum Gasteiger partial charge on any atom is -0.483 e. The molecule has 0 spiro atoms. The van der Waals surface area contributed by atoms with E-state index in [1.165, 1.54) is 5.56 Å². The molecule has 26 heavy (non-hydrogen) atoms. The summed E-state index contributed by atoms with van der Waals surface area (Å²) in [5, 5.41) is 10.5. The predicted octanol–water partition coefficient (Wildman–Crippen LogP) is 4.68. The fourth-order valence-electron chi connectivity index (χ4n) is 3.08. The van der Waals surface area contributed by atoms with Gasteiger partial charge in [-0.2, -0.15) is 5.26 Å². The molecule has 2 atom stereocenters. The SMILES string of the molecule is CCc1ccc(OC(C)C(=O)C(C#N)c2cc3ccccc3[nH]2)c(C)c1. The molecule has 0 amide bonds. The summed E-state index contributed by atoms with van der Waals surface area (Å²) in [5.74, 6) is -0.456. The minimum absolute atomic E-state index is 0.252. The number of nitrogens with zero attached hydrogens (tertiary/aromatic N) is 1. The predicted molar refractivity (Wildman–Crippen MR) is 102 cm³/mol. The average Bonchev–Trinajstić information content (AvgIpc) is 3.07. The van der Waals surface area contributed by atoms with Crippen LogP contribution in [-0.2, 0) is 11.2 Å². The molecule has 1 aromatic heterocycles. The van der Waals surface area contributed by atoms with Crippen molar-refractivity contribution in [2.24, 2.45) is 0 Å². The Morgan fingerprint density at radius 1 is 1.23 bits per heavy atom. The number of H-pyrrole nitrogens is 1. The van der Waals surface area contributed by atoms with Gasteiger partial charge >= 0.3 is 0 Å². The fourth-order valence-corrected chi connectivity index (χ4v) is 3.08. The van der Waals surface area contributed by atoms with Crippen molar-refractivity contribution in [3.05, 3.63) is 65.4 Å². The van der Waals surface area contributed by atoms with Gasteiger partial charge in [0.2, 0.25) is 0 Å². The number of fused-ring (bicyclic) bond motifs is 1. The van der Waals surface area contributed by atoms with Crippen LogP contribution in [-0.4, -0.2) is 16.9 Å². The number of hydrogen-bond donors (Lipinski definition) is 1. The molecule has 0 bridgehead atoms. The summed E-state index contributed by atoms with van der Waals surface area (Å²) in [7, 11) is 0. The molecule has 132 valence electrons. The third kappa shape index (κ3) is 3.48. The topological polar surface area (TPSA) is 65.9 Å². The monoisotopic (exact) mass is 346 g/mol. The van der Waals surface area contributed by atoms with Gasteiger partial charge in [-0.15, -0.1) is 0 Å². The number of benzene rings is 2. The molecular weight excluding hydrogens is 324 g/mol. The average molecular weight is 346 g/mol. The van der Waals surface area contributed by atoms with Crippen LogP contribution in [0.1, 0.15) is 36.6 Å². The number of Topliss-reactive ketones (excluding diaryl/α,β-unsaturated/α-hetero) is 1. The number of rotatable bonds is 6. The zero-order chi connectivity index (χ0) is 18.7. The van der Waals surface area contributed by atoms with Crippen molar-refractivity contribution in [2.75, 3.05) is 0 Å². The maximum Gasteiger partial charge on any atom is 0.196 e. The molecule has 3 aromatic rings. The number of aryl methyl sites for hydroxylation is 2. The number of aromatic nitrogens is 1. The van der Waals surface area contributed by atoms with Crippen molar-refractivity contribution < 1.29 is 9.53 Å². The van der Waals surface area contributed by atoms with E-state index in [1.807, 2.05) is 49.4 Å². The molecule has 3 rings (SSSR count). The van der Waals surface area contributed by atoms with Crippen molar-refractivity contribution in [2.45, 2.75) is 39.2 Å². The molecule has 0 radical (unpaired) electrons. The molecule has 0 aliphatic heterocycles. The summed E-state index contributed by atoms with van der Waals surface area (Å²) >= 11 is 0. The number of aromatic amines is 1. The van der Waals surface area contributed by atoms with E-state index in [1.54, 1.807) is 6.92 Å². The fraction of sp³-hybridized carbons (Fsp3) is 0.273. The zero-order valence-corrected chi connectivity index (χ0v) is 15.2. The standard InChI is InChI=1S/C22H22N2O2/c1-4-16-9-10-21(14(2)11-16)26-15(3)22(25)18(13-23)20-12-17-7-5-6-8-19(17)24-20/h5-12,15,18,24H,4H2,1-3H3.